The zero-order chi connectivity index (χ0) is 18.3. The number of hydrogen-bond donors (Lipinski definition) is 0. The molecule has 23 heavy (non-hydrogen) atoms. The van der Waals surface area contributed by atoms with Gasteiger partial charge in [0.2, 0.25) is 0 Å². The van der Waals surface area contributed by atoms with Crippen molar-refractivity contribution in [2.45, 2.75) is 99.5 Å². The highest BCUT2D eigenvalue weighted by molar-refractivity contribution is 5.69. The van der Waals surface area contributed by atoms with Crippen LogP contribution in [-0.4, -0.2) is 24.8 Å². The summed E-state index contributed by atoms with van der Waals surface area (Å²) in [5.74, 6) is 1.38. The summed E-state index contributed by atoms with van der Waals surface area (Å²) < 4.78 is 10.8. The smallest absolute Gasteiger partial charge is 0.305 e. The molecule has 0 rings (SSSR count). The van der Waals surface area contributed by atoms with E-state index in [1.54, 1.807) is 0 Å². The summed E-state index contributed by atoms with van der Waals surface area (Å²) in [6.07, 6.45) is 6.09. The maximum Gasteiger partial charge on any atom is 0.305 e. The summed E-state index contributed by atoms with van der Waals surface area (Å²) in [4.78, 5) is 11.2. The molecule has 3 heteroatoms. The first kappa shape index (κ1) is 24.7. The summed E-state index contributed by atoms with van der Waals surface area (Å²) in [6, 6.07) is 0. The number of ether oxygens (including phenoxy) is 2. The number of esters is 1. The molecule has 0 aliphatic carbocycles. The van der Waals surface area contributed by atoms with Crippen molar-refractivity contribution < 1.29 is 14.3 Å². The van der Waals surface area contributed by atoms with Crippen LogP contribution in [0.15, 0.2) is 0 Å². The highest BCUT2D eigenvalue weighted by Gasteiger charge is 2.15. The van der Waals surface area contributed by atoms with Crippen LogP contribution >= 0.6 is 0 Å². The summed E-state index contributed by atoms with van der Waals surface area (Å²) >= 11 is 0. The van der Waals surface area contributed by atoms with E-state index in [9.17, 15) is 4.79 Å². The Morgan fingerprint density at radius 3 is 2.00 bits per heavy atom. The van der Waals surface area contributed by atoms with Gasteiger partial charge in [-0.05, 0) is 58.8 Å². The first-order valence-electron chi connectivity index (χ1n) is 9.41. The monoisotopic (exact) mass is 330 g/mol. The van der Waals surface area contributed by atoms with Gasteiger partial charge in [0.1, 0.15) is 0 Å². The van der Waals surface area contributed by atoms with Gasteiger partial charge in [0.15, 0.2) is 0 Å². The Kier molecular flexibility index (Phi) is 16.1. The first-order valence-corrected chi connectivity index (χ1v) is 9.41. The lowest BCUT2D eigenvalue weighted by Crippen LogP contribution is -2.23. The molecule has 0 aliphatic rings. The lowest BCUT2D eigenvalue weighted by atomic mass is 9.97. The molecule has 0 heterocycles. The maximum absolute atomic E-state index is 11.2. The Morgan fingerprint density at radius 2 is 1.57 bits per heavy atom. The van der Waals surface area contributed by atoms with E-state index in [0.717, 1.165) is 31.8 Å². The molecule has 0 fully saturated rings. The van der Waals surface area contributed by atoms with Gasteiger partial charge in [-0.1, -0.05) is 40.5 Å². The van der Waals surface area contributed by atoms with E-state index in [0.29, 0.717) is 18.9 Å². The van der Waals surface area contributed by atoms with Crippen molar-refractivity contribution >= 4 is 5.97 Å². The Bertz CT molecular complexity index is 264. The predicted molar refractivity (Wildman–Crippen MR) is 99.7 cm³/mol. The second kappa shape index (κ2) is 15.0. The van der Waals surface area contributed by atoms with Crippen molar-refractivity contribution in [2.75, 3.05) is 13.2 Å². The Balaban J connectivity index is 0. The fourth-order valence-electron chi connectivity index (χ4n) is 2.02. The molecule has 0 bridgehead atoms. The van der Waals surface area contributed by atoms with Crippen LogP contribution in [0.25, 0.3) is 0 Å². The van der Waals surface area contributed by atoms with Gasteiger partial charge < -0.3 is 9.47 Å². The lowest BCUT2D eigenvalue weighted by Gasteiger charge is -2.24. The lowest BCUT2D eigenvalue weighted by molar-refractivity contribution is -0.143. The van der Waals surface area contributed by atoms with Crippen molar-refractivity contribution in [1.82, 2.24) is 0 Å². The molecule has 0 aromatic carbocycles. The molecular weight excluding hydrogens is 288 g/mol. The van der Waals surface area contributed by atoms with Crippen LogP contribution in [0.3, 0.4) is 0 Å². The van der Waals surface area contributed by atoms with E-state index < -0.39 is 0 Å². The third-order valence-corrected chi connectivity index (χ3v) is 3.00. The van der Waals surface area contributed by atoms with E-state index >= 15 is 0 Å². The van der Waals surface area contributed by atoms with Gasteiger partial charge in [0.05, 0.1) is 18.8 Å². The molecular formula is C20H42O3. The zero-order valence-electron chi connectivity index (χ0n) is 17.0. The SMILES string of the molecule is CC(C)C.CCCC(CCCCC(=O)OCC)COC(C)(C)C. The van der Waals surface area contributed by atoms with E-state index in [1.165, 1.54) is 12.8 Å². The van der Waals surface area contributed by atoms with Crippen LogP contribution in [0.2, 0.25) is 0 Å². The van der Waals surface area contributed by atoms with Crippen LogP contribution in [0.4, 0.5) is 0 Å². The number of carbonyl (C=O) groups is 1. The molecule has 0 spiro atoms. The predicted octanol–water partition coefficient (Wildman–Crippen LogP) is 6.00. The van der Waals surface area contributed by atoms with E-state index in [-0.39, 0.29) is 11.6 Å². The maximum atomic E-state index is 11.2. The highest BCUT2D eigenvalue weighted by Crippen LogP contribution is 2.19. The molecule has 3 nitrogen and oxygen atoms in total. The van der Waals surface area contributed by atoms with Crippen molar-refractivity contribution in [1.29, 1.82) is 0 Å². The molecule has 0 saturated carbocycles. The summed E-state index contributed by atoms with van der Waals surface area (Å²) in [5, 5.41) is 0. The summed E-state index contributed by atoms with van der Waals surface area (Å²) in [5.41, 5.74) is -0.0586. The minimum atomic E-state index is -0.0690. The normalized spacial score (nSPS) is 12.6. The third-order valence-electron chi connectivity index (χ3n) is 3.00. The third kappa shape index (κ3) is 23.8. The molecule has 0 radical (unpaired) electrons. The van der Waals surface area contributed by atoms with Gasteiger partial charge in [-0.3, -0.25) is 4.79 Å². The van der Waals surface area contributed by atoms with E-state index in [1.807, 2.05) is 6.92 Å². The minimum absolute atomic E-state index is 0.0586. The number of rotatable bonds is 10. The van der Waals surface area contributed by atoms with Gasteiger partial charge >= 0.3 is 5.97 Å². The van der Waals surface area contributed by atoms with Gasteiger partial charge in [0.25, 0.3) is 0 Å². The van der Waals surface area contributed by atoms with Crippen molar-refractivity contribution in [3.63, 3.8) is 0 Å². The van der Waals surface area contributed by atoms with Crippen molar-refractivity contribution in [3.05, 3.63) is 0 Å². The Labute approximate surface area is 145 Å². The fourth-order valence-corrected chi connectivity index (χ4v) is 2.02. The average Bonchev–Trinajstić information content (AvgIpc) is 2.39. The molecule has 0 amide bonds. The highest BCUT2D eigenvalue weighted by atomic mass is 16.5. The number of unbranched alkanes of at least 4 members (excludes halogenated alkanes) is 1. The first-order chi connectivity index (χ1) is 10.6. The molecule has 0 aliphatic heterocycles. The Morgan fingerprint density at radius 1 is 1.00 bits per heavy atom. The summed E-state index contributed by atoms with van der Waals surface area (Å²) in [6.45, 7) is 18.2. The molecule has 140 valence electrons. The fraction of sp³-hybridized carbons (Fsp3) is 0.950. The van der Waals surface area contributed by atoms with Gasteiger partial charge in [-0.15, -0.1) is 0 Å². The standard InChI is InChI=1S/C16H32O3.C4H10/c1-6-10-14(13-19-16(3,4)5)11-8-9-12-15(17)18-7-2;1-4(2)3/h14H,6-13H2,1-5H3;4H,1-3H3. The molecule has 0 N–H and O–H groups in total. The van der Waals surface area contributed by atoms with E-state index in [2.05, 4.69) is 48.5 Å². The largest absolute Gasteiger partial charge is 0.466 e. The minimum Gasteiger partial charge on any atom is -0.466 e. The second-order valence-electron chi connectivity index (χ2n) is 7.86. The molecule has 0 aromatic rings. The number of hydrogen-bond acceptors (Lipinski definition) is 3. The average molecular weight is 331 g/mol. The van der Waals surface area contributed by atoms with Crippen LogP contribution in [-0.2, 0) is 14.3 Å². The van der Waals surface area contributed by atoms with Gasteiger partial charge in [-0.25, -0.2) is 0 Å². The molecule has 1 atom stereocenters. The molecule has 1 unspecified atom stereocenters. The van der Waals surface area contributed by atoms with Crippen LogP contribution in [0, 0.1) is 11.8 Å². The molecule has 0 saturated heterocycles. The number of carbonyl (C=O) groups excluding carboxylic acids is 1. The second-order valence-corrected chi connectivity index (χ2v) is 7.86. The topological polar surface area (TPSA) is 35.5 Å². The zero-order valence-corrected chi connectivity index (χ0v) is 17.0. The van der Waals surface area contributed by atoms with Crippen LogP contribution < -0.4 is 0 Å². The van der Waals surface area contributed by atoms with Crippen molar-refractivity contribution in [2.24, 2.45) is 11.8 Å². The Hall–Kier alpha value is -0.570. The molecule has 0 aromatic heterocycles. The van der Waals surface area contributed by atoms with E-state index in [4.69, 9.17) is 9.47 Å². The van der Waals surface area contributed by atoms with Gasteiger partial charge in [-0.2, -0.15) is 0 Å². The quantitative estimate of drug-likeness (QED) is 0.364. The van der Waals surface area contributed by atoms with Crippen molar-refractivity contribution in [3.8, 4) is 0 Å². The summed E-state index contributed by atoms with van der Waals surface area (Å²) in [7, 11) is 0. The van der Waals surface area contributed by atoms with Crippen LogP contribution in [0.5, 0.6) is 0 Å². The van der Waals surface area contributed by atoms with Gasteiger partial charge in [0, 0.05) is 6.42 Å². The van der Waals surface area contributed by atoms with Crippen LogP contribution in [0.1, 0.15) is 93.9 Å².